The van der Waals surface area contributed by atoms with Gasteiger partial charge in [0.15, 0.2) is 0 Å². The van der Waals surface area contributed by atoms with Crippen LogP contribution >= 0.6 is 47.8 Å². The summed E-state index contributed by atoms with van der Waals surface area (Å²) < 4.78 is 15.8. The predicted octanol–water partition coefficient (Wildman–Crippen LogP) is 4.75. The van der Waals surface area contributed by atoms with E-state index in [0.717, 1.165) is 24.7 Å². The smallest absolute Gasteiger partial charge is 0.123 e. The zero-order chi connectivity index (χ0) is 14.0. The molecule has 2 rings (SSSR count). The summed E-state index contributed by atoms with van der Waals surface area (Å²) in [5.74, 6) is -0.270. The number of nitrogens with two attached hydrogens (primary N) is 1. The molecule has 0 fully saturated rings. The highest BCUT2D eigenvalue weighted by Gasteiger charge is 2.14. The van der Waals surface area contributed by atoms with Gasteiger partial charge in [-0.2, -0.15) is 0 Å². The second-order valence-corrected chi connectivity index (χ2v) is 6.69. The van der Waals surface area contributed by atoms with E-state index in [1.807, 2.05) is 6.07 Å². The summed E-state index contributed by atoms with van der Waals surface area (Å²) in [5, 5.41) is 0. The Labute approximate surface area is 136 Å². The van der Waals surface area contributed by atoms with Crippen molar-refractivity contribution in [3.63, 3.8) is 0 Å². The maximum atomic E-state index is 13.2. The molecule has 0 saturated heterocycles. The lowest BCUT2D eigenvalue weighted by Crippen LogP contribution is -2.16. The highest BCUT2D eigenvalue weighted by Crippen LogP contribution is 2.27. The largest absolute Gasteiger partial charge is 0.322 e. The highest BCUT2D eigenvalue weighted by molar-refractivity contribution is 9.11. The van der Waals surface area contributed by atoms with Crippen LogP contribution in [0.4, 0.5) is 4.39 Å². The molecule has 0 aliphatic carbocycles. The number of hydrogen-bond donors (Lipinski definition) is 1. The molecule has 1 aromatic carbocycles. The third-order valence-electron chi connectivity index (χ3n) is 2.64. The number of aromatic nitrogens is 1. The number of rotatable bonds is 3. The van der Waals surface area contributed by atoms with E-state index in [-0.39, 0.29) is 11.9 Å². The quantitative estimate of drug-likeness (QED) is 0.729. The Bertz CT molecular complexity index is 604. The van der Waals surface area contributed by atoms with Crippen molar-refractivity contribution >= 4 is 47.8 Å². The molecule has 0 bridgehead atoms. The summed E-state index contributed by atoms with van der Waals surface area (Å²) in [4.78, 5) is 4.30. The van der Waals surface area contributed by atoms with Crippen molar-refractivity contribution in [3.05, 3.63) is 61.0 Å². The molecule has 100 valence electrons. The molecule has 0 amide bonds. The lowest BCUT2D eigenvalue weighted by molar-refractivity contribution is 0.619. The van der Waals surface area contributed by atoms with Crippen LogP contribution in [0.25, 0.3) is 0 Å². The standard InChI is InChI=1S/C13H10Br3FN2/c14-8-5-11(16)13(19-6-8)12(18)4-7-3-9(17)1-2-10(7)15/h1-3,5-6,12H,4,18H2. The molecular formula is C13H10Br3FN2. The SMILES string of the molecule is NC(Cc1cc(F)ccc1Br)c1ncc(Br)cc1Br. The van der Waals surface area contributed by atoms with Gasteiger partial charge in [0.05, 0.1) is 11.7 Å². The lowest BCUT2D eigenvalue weighted by Gasteiger charge is -2.14. The van der Waals surface area contributed by atoms with Gasteiger partial charge in [-0.15, -0.1) is 0 Å². The fourth-order valence-electron chi connectivity index (χ4n) is 1.73. The van der Waals surface area contributed by atoms with E-state index in [0.29, 0.717) is 6.42 Å². The van der Waals surface area contributed by atoms with Gasteiger partial charge >= 0.3 is 0 Å². The Morgan fingerprint density at radius 3 is 2.58 bits per heavy atom. The van der Waals surface area contributed by atoms with Crippen LogP contribution in [0, 0.1) is 5.82 Å². The van der Waals surface area contributed by atoms with E-state index in [1.165, 1.54) is 12.1 Å². The molecule has 6 heteroatoms. The first-order chi connectivity index (χ1) is 8.97. The van der Waals surface area contributed by atoms with Crippen LogP contribution in [-0.4, -0.2) is 4.98 Å². The van der Waals surface area contributed by atoms with Gasteiger partial charge in [-0.05, 0) is 68.1 Å². The molecule has 1 aromatic heterocycles. The van der Waals surface area contributed by atoms with Crippen molar-refractivity contribution in [1.29, 1.82) is 0 Å². The summed E-state index contributed by atoms with van der Waals surface area (Å²) >= 11 is 10.2. The molecule has 2 N–H and O–H groups in total. The normalized spacial score (nSPS) is 12.5. The molecule has 0 saturated carbocycles. The van der Waals surface area contributed by atoms with Crippen molar-refractivity contribution in [3.8, 4) is 0 Å². The summed E-state index contributed by atoms with van der Waals surface area (Å²) in [6, 6.07) is 6.16. The van der Waals surface area contributed by atoms with Crippen LogP contribution < -0.4 is 5.73 Å². The van der Waals surface area contributed by atoms with Crippen molar-refractivity contribution in [2.45, 2.75) is 12.5 Å². The van der Waals surface area contributed by atoms with Gasteiger partial charge in [-0.3, -0.25) is 4.98 Å². The third kappa shape index (κ3) is 3.84. The van der Waals surface area contributed by atoms with Gasteiger partial charge in [0.1, 0.15) is 5.82 Å². The summed E-state index contributed by atoms with van der Waals surface area (Å²) in [6.45, 7) is 0. The average Bonchev–Trinajstić information content (AvgIpc) is 2.33. The molecule has 0 aliphatic rings. The number of nitrogens with zero attached hydrogens (tertiary/aromatic N) is 1. The molecule has 1 unspecified atom stereocenters. The molecule has 0 radical (unpaired) electrons. The first kappa shape index (κ1) is 15.1. The van der Waals surface area contributed by atoms with Crippen LogP contribution in [0.2, 0.25) is 0 Å². The maximum Gasteiger partial charge on any atom is 0.123 e. The first-order valence-corrected chi connectivity index (χ1v) is 7.85. The zero-order valence-electron chi connectivity index (χ0n) is 9.71. The average molecular weight is 453 g/mol. The number of benzene rings is 1. The predicted molar refractivity (Wildman–Crippen MR) is 84.4 cm³/mol. The van der Waals surface area contributed by atoms with Crippen LogP contribution in [0.15, 0.2) is 43.9 Å². The van der Waals surface area contributed by atoms with E-state index in [4.69, 9.17) is 5.73 Å². The number of halogens is 4. The molecule has 19 heavy (non-hydrogen) atoms. The third-order valence-corrected chi connectivity index (χ3v) is 4.48. The maximum absolute atomic E-state index is 13.2. The fourth-order valence-corrected chi connectivity index (χ4v) is 3.42. The molecule has 0 spiro atoms. The van der Waals surface area contributed by atoms with Gasteiger partial charge in [0.25, 0.3) is 0 Å². The van der Waals surface area contributed by atoms with E-state index in [9.17, 15) is 4.39 Å². The molecule has 0 aliphatic heterocycles. The molecule has 2 aromatic rings. The highest BCUT2D eigenvalue weighted by atomic mass is 79.9. The van der Waals surface area contributed by atoms with Crippen LogP contribution in [0.3, 0.4) is 0 Å². The minimum atomic E-state index is -0.305. The van der Waals surface area contributed by atoms with Crippen molar-refractivity contribution < 1.29 is 4.39 Å². The Balaban J connectivity index is 2.25. The van der Waals surface area contributed by atoms with E-state index in [2.05, 4.69) is 52.8 Å². The Hall–Kier alpha value is -0.300. The lowest BCUT2D eigenvalue weighted by atomic mass is 10.0. The molecular weight excluding hydrogens is 443 g/mol. The zero-order valence-corrected chi connectivity index (χ0v) is 14.5. The van der Waals surface area contributed by atoms with Crippen molar-refractivity contribution in [2.24, 2.45) is 5.73 Å². The van der Waals surface area contributed by atoms with Crippen LogP contribution in [0.1, 0.15) is 17.3 Å². The Kier molecular flexibility index (Phi) is 5.11. The van der Waals surface area contributed by atoms with E-state index < -0.39 is 0 Å². The van der Waals surface area contributed by atoms with Gasteiger partial charge in [-0.25, -0.2) is 4.39 Å². The Morgan fingerprint density at radius 2 is 1.89 bits per heavy atom. The minimum Gasteiger partial charge on any atom is -0.322 e. The topological polar surface area (TPSA) is 38.9 Å². The van der Waals surface area contributed by atoms with Crippen LogP contribution in [0.5, 0.6) is 0 Å². The summed E-state index contributed by atoms with van der Waals surface area (Å²) in [6.07, 6.45) is 2.20. The van der Waals surface area contributed by atoms with Crippen molar-refractivity contribution in [2.75, 3.05) is 0 Å². The second kappa shape index (κ2) is 6.43. The summed E-state index contributed by atoms with van der Waals surface area (Å²) in [5.41, 5.74) is 7.72. The van der Waals surface area contributed by atoms with Gasteiger partial charge in [0, 0.05) is 19.6 Å². The molecule has 1 atom stereocenters. The monoisotopic (exact) mass is 450 g/mol. The van der Waals surface area contributed by atoms with Crippen molar-refractivity contribution in [1.82, 2.24) is 4.98 Å². The van der Waals surface area contributed by atoms with Gasteiger partial charge in [-0.1, -0.05) is 15.9 Å². The van der Waals surface area contributed by atoms with E-state index in [1.54, 1.807) is 12.3 Å². The minimum absolute atomic E-state index is 0.270. The van der Waals surface area contributed by atoms with Crippen LogP contribution in [-0.2, 0) is 6.42 Å². The fraction of sp³-hybridized carbons (Fsp3) is 0.154. The second-order valence-electron chi connectivity index (χ2n) is 4.07. The Morgan fingerprint density at radius 1 is 1.16 bits per heavy atom. The number of hydrogen-bond acceptors (Lipinski definition) is 2. The summed E-state index contributed by atoms with van der Waals surface area (Å²) in [7, 11) is 0. The first-order valence-electron chi connectivity index (χ1n) is 5.48. The van der Waals surface area contributed by atoms with Gasteiger partial charge in [0.2, 0.25) is 0 Å². The number of pyridine rings is 1. The van der Waals surface area contributed by atoms with Gasteiger partial charge < -0.3 is 5.73 Å². The molecule has 1 heterocycles. The van der Waals surface area contributed by atoms with E-state index >= 15 is 0 Å². The molecule has 2 nitrogen and oxygen atoms in total.